The Balaban J connectivity index is 1.99. The van der Waals surface area contributed by atoms with Gasteiger partial charge in [0, 0.05) is 11.8 Å². The zero-order valence-corrected chi connectivity index (χ0v) is 15.7. The SMILES string of the molecule is CC(F)CCc1c(F)c2c(NCc3ccccn3)nc(Cl)nn2c1Br. The Kier molecular flexibility index (Phi) is 5.48. The van der Waals surface area contributed by atoms with E-state index in [-0.39, 0.29) is 29.5 Å². The maximum absolute atomic E-state index is 14.9. The Hall–Kier alpha value is -1.80. The Labute approximate surface area is 156 Å². The Morgan fingerprint density at radius 2 is 2.20 bits per heavy atom. The third-order valence-corrected chi connectivity index (χ3v) is 4.66. The first-order chi connectivity index (χ1) is 12.0. The lowest BCUT2D eigenvalue weighted by atomic mass is 10.1. The zero-order valence-electron chi connectivity index (χ0n) is 13.3. The average molecular weight is 431 g/mol. The molecule has 1 unspecified atom stereocenters. The number of aromatic nitrogens is 4. The van der Waals surface area contributed by atoms with Crippen LogP contribution < -0.4 is 5.32 Å². The van der Waals surface area contributed by atoms with Crippen LogP contribution in [0.1, 0.15) is 24.6 Å². The molecule has 0 aliphatic carbocycles. The summed E-state index contributed by atoms with van der Waals surface area (Å²) in [4.78, 5) is 8.29. The highest BCUT2D eigenvalue weighted by Gasteiger charge is 2.22. The number of alkyl halides is 1. The third-order valence-electron chi connectivity index (χ3n) is 3.69. The first-order valence-electron chi connectivity index (χ1n) is 7.67. The van der Waals surface area contributed by atoms with Crippen molar-refractivity contribution in [2.24, 2.45) is 0 Å². The molecular formula is C16H15BrClF2N5. The summed E-state index contributed by atoms with van der Waals surface area (Å²) in [5.41, 5.74) is 1.28. The van der Waals surface area contributed by atoms with E-state index in [1.54, 1.807) is 6.20 Å². The second-order valence-corrected chi connectivity index (χ2v) is 6.66. The van der Waals surface area contributed by atoms with E-state index in [0.29, 0.717) is 16.7 Å². The molecule has 0 fully saturated rings. The molecule has 0 saturated carbocycles. The van der Waals surface area contributed by atoms with Gasteiger partial charge in [-0.25, -0.2) is 13.3 Å². The lowest BCUT2D eigenvalue weighted by molar-refractivity contribution is 0.340. The van der Waals surface area contributed by atoms with Crippen LogP contribution in [-0.2, 0) is 13.0 Å². The minimum absolute atomic E-state index is 0.0304. The number of anilines is 1. The zero-order chi connectivity index (χ0) is 18.0. The Morgan fingerprint density at radius 1 is 1.40 bits per heavy atom. The average Bonchev–Trinajstić information content (AvgIpc) is 2.82. The molecule has 3 aromatic heterocycles. The normalized spacial score (nSPS) is 12.5. The van der Waals surface area contributed by atoms with Gasteiger partial charge >= 0.3 is 0 Å². The van der Waals surface area contributed by atoms with E-state index < -0.39 is 12.0 Å². The molecule has 3 rings (SSSR count). The van der Waals surface area contributed by atoms with Crippen molar-refractivity contribution in [1.29, 1.82) is 0 Å². The molecule has 5 nitrogen and oxygen atoms in total. The minimum Gasteiger partial charge on any atom is -0.362 e. The van der Waals surface area contributed by atoms with Gasteiger partial charge in [0.05, 0.1) is 18.4 Å². The molecule has 1 atom stereocenters. The topological polar surface area (TPSA) is 55.1 Å². The number of hydrogen-bond donors (Lipinski definition) is 1. The highest BCUT2D eigenvalue weighted by atomic mass is 79.9. The molecule has 25 heavy (non-hydrogen) atoms. The fourth-order valence-corrected chi connectivity index (χ4v) is 3.25. The van der Waals surface area contributed by atoms with Crippen LogP contribution >= 0.6 is 27.5 Å². The molecule has 9 heteroatoms. The summed E-state index contributed by atoms with van der Waals surface area (Å²) in [5.74, 6) is -0.240. The molecule has 0 spiro atoms. The van der Waals surface area contributed by atoms with Crippen molar-refractivity contribution in [3.63, 3.8) is 0 Å². The van der Waals surface area contributed by atoms with E-state index in [9.17, 15) is 8.78 Å². The van der Waals surface area contributed by atoms with Gasteiger partial charge in [-0.3, -0.25) is 4.98 Å². The van der Waals surface area contributed by atoms with Crippen LogP contribution in [0.25, 0.3) is 5.52 Å². The van der Waals surface area contributed by atoms with Gasteiger partial charge in [0.25, 0.3) is 0 Å². The lowest BCUT2D eigenvalue weighted by Crippen LogP contribution is -2.07. The quantitative estimate of drug-likeness (QED) is 0.622. The monoisotopic (exact) mass is 429 g/mol. The van der Waals surface area contributed by atoms with Crippen LogP contribution in [0.5, 0.6) is 0 Å². The highest BCUT2D eigenvalue weighted by Crippen LogP contribution is 2.32. The van der Waals surface area contributed by atoms with Crippen LogP contribution in [0.2, 0.25) is 5.28 Å². The number of fused-ring (bicyclic) bond motifs is 1. The van der Waals surface area contributed by atoms with E-state index in [0.717, 1.165) is 5.69 Å². The van der Waals surface area contributed by atoms with Crippen molar-refractivity contribution in [3.8, 4) is 0 Å². The molecule has 0 amide bonds. The summed E-state index contributed by atoms with van der Waals surface area (Å²) < 4.78 is 29.8. The van der Waals surface area contributed by atoms with Crippen molar-refractivity contribution in [1.82, 2.24) is 19.6 Å². The number of pyridine rings is 1. The molecule has 0 bridgehead atoms. The first kappa shape index (κ1) is 18.0. The maximum Gasteiger partial charge on any atom is 0.243 e. The number of rotatable bonds is 6. The van der Waals surface area contributed by atoms with Crippen molar-refractivity contribution < 1.29 is 8.78 Å². The molecule has 0 saturated heterocycles. The van der Waals surface area contributed by atoms with E-state index in [1.807, 2.05) is 18.2 Å². The number of nitrogens with zero attached hydrogens (tertiary/aromatic N) is 4. The molecule has 0 aliphatic rings. The van der Waals surface area contributed by atoms with Gasteiger partial charge in [-0.15, -0.1) is 5.10 Å². The van der Waals surface area contributed by atoms with Crippen LogP contribution in [0.4, 0.5) is 14.6 Å². The van der Waals surface area contributed by atoms with E-state index in [4.69, 9.17) is 11.6 Å². The van der Waals surface area contributed by atoms with Gasteiger partial charge in [0.1, 0.15) is 10.1 Å². The second kappa shape index (κ2) is 7.61. The van der Waals surface area contributed by atoms with Gasteiger partial charge in [0.2, 0.25) is 5.28 Å². The van der Waals surface area contributed by atoms with Crippen LogP contribution in [0.3, 0.4) is 0 Å². The first-order valence-corrected chi connectivity index (χ1v) is 8.84. The van der Waals surface area contributed by atoms with E-state index >= 15 is 0 Å². The van der Waals surface area contributed by atoms with Gasteiger partial charge in [-0.1, -0.05) is 6.07 Å². The third kappa shape index (κ3) is 3.90. The van der Waals surface area contributed by atoms with Crippen LogP contribution in [0, 0.1) is 5.82 Å². The summed E-state index contributed by atoms with van der Waals surface area (Å²) >= 11 is 9.29. The van der Waals surface area contributed by atoms with Crippen LogP contribution in [-0.4, -0.2) is 25.8 Å². The van der Waals surface area contributed by atoms with Crippen molar-refractivity contribution in [2.45, 2.75) is 32.5 Å². The number of halogens is 4. The van der Waals surface area contributed by atoms with Gasteiger partial charge in [-0.05, 0) is 59.4 Å². The summed E-state index contributed by atoms with van der Waals surface area (Å²) in [7, 11) is 0. The lowest BCUT2D eigenvalue weighted by Gasteiger charge is -2.07. The summed E-state index contributed by atoms with van der Waals surface area (Å²) in [5, 5.41) is 7.04. The predicted molar refractivity (Wildman–Crippen MR) is 96.1 cm³/mol. The molecule has 0 radical (unpaired) electrons. The highest BCUT2D eigenvalue weighted by molar-refractivity contribution is 9.10. The summed E-state index contributed by atoms with van der Waals surface area (Å²) in [6.45, 7) is 1.79. The summed E-state index contributed by atoms with van der Waals surface area (Å²) in [6, 6.07) is 5.51. The molecule has 0 aromatic carbocycles. The van der Waals surface area contributed by atoms with Crippen LogP contribution in [0.15, 0.2) is 29.0 Å². The van der Waals surface area contributed by atoms with Crippen molar-refractivity contribution in [2.75, 3.05) is 5.32 Å². The molecule has 1 N–H and O–H groups in total. The minimum atomic E-state index is -1.02. The van der Waals surface area contributed by atoms with E-state index in [2.05, 4.69) is 36.3 Å². The molecule has 0 aliphatic heterocycles. The fourth-order valence-electron chi connectivity index (χ4n) is 2.46. The van der Waals surface area contributed by atoms with Gasteiger partial charge in [0.15, 0.2) is 11.6 Å². The van der Waals surface area contributed by atoms with E-state index in [1.165, 1.54) is 11.4 Å². The second-order valence-electron chi connectivity index (χ2n) is 5.57. The molecule has 3 aromatic rings. The maximum atomic E-state index is 14.9. The predicted octanol–water partition coefficient (Wildman–Crippen LogP) is 4.58. The Morgan fingerprint density at radius 3 is 2.88 bits per heavy atom. The molecule has 3 heterocycles. The number of hydrogen-bond acceptors (Lipinski definition) is 4. The van der Waals surface area contributed by atoms with Gasteiger partial charge in [-0.2, -0.15) is 4.98 Å². The fraction of sp³-hybridized carbons (Fsp3) is 0.312. The summed E-state index contributed by atoms with van der Waals surface area (Å²) in [6.07, 6.45) is 1.10. The molecular weight excluding hydrogens is 416 g/mol. The van der Waals surface area contributed by atoms with Gasteiger partial charge < -0.3 is 5.32 Å². The van der Waals surface area contributed by atoms with Crippen molar-refractivity contribution >= 4 is 38.9 Å². The molecule has 132 valence electrons. The Bertz CT molecular complexity index is 885. The van der Waals surface area contributed by atoms with Crippen molar-refractivity contribution in [3.05, 3.63) is 51.4 Å². The largest absolute Gasteiger partial charge is 0.362 e. The smallest absolute Gasteiger partial charge is 0.243 e. The standard InChI is InChI=1S/C16H15BrClF2N5/c1-9(19)5-6-11-12(20)13-15(22-8-10-4-2-3-7-21-10)23-16(18)24-25(13)14(11)17/h2-4,7,9H,5-6,8H2,1H3,(H,22,23,24). The number of nitrogens with one attached hydrogen (secondary N) is 1.